The zero-order valence-electron chi connectivity index (χ0n) is 11.4. The normalized spacial score (nSPS) is 12.1. The number of benzene rings is 1. The van der Waals surface area contributed by atoms with Crippen LogP contribution >= 0.6 is 35.0 Å². The van der Waals surface area contributed by atoms with Gasteiger partial charge in [0, 0.05) is 22.3 Å². The molecule has 0 aliphatic heterocycles. The first kappa shape index (κ1) is 16.2. The lowest BCUT2D eigenvalue weighted by atomic mass is 10.2. The highest BCUT2D eigenvalue weighted by atomic mass is 35.5. The van der Waals surface area contributed by atoms with Crippen LogP contribution in [0.3, 0.4) is 0 Å². The van der Waals surface area contributed by atoms with Crippen molar-refractivity contribution in [2.45, 2.75) is 24.3 Å². The topological polar surface area (TPSA) is 57.8 Å². The van der Waals surface area contributed by atoms with Gasteiger partial charge in [0.15, 0.2) is 0 Å². The van der Waals surface area contributed by atoms with Crippen LogP contribution in [0.15, 0.2) is 35.5 Å². The maximum absolute atomic E-state index is 12.0. The van der Waals surface area contributed by atoms with E-state index in [-0.39, 0.29) is 17.7 Å². The van der Waals surface area contributed by atoms with E-state index >= 15 is 0 Å². The van der Waals surface area contributed by atoms with Crippen molar-refractivity contribution in [3.8, 4) is 0 Å². The fourth-order valence-electron chi connectivity index (χ4n) is 1.80. The number of thioether (sulfide) groups is 1. The summed E-state index contributed by atoms with van der Waals surface area (Å²) in [6, 6.07) is 5.09. The molecule has 112 valence electrons. The van der Waals surface area contributed by atoms with Crippen molar-refractivity contribution in [3.05, 3.63) is 46.5 Å². The van der Waals surface area contributed by atoms with Gasteiger partial charge in [0.1, 0.15) is 5.82 Å². The first-order valence-electron chi connectivity index (χ1n) is 6.46. The van der Waals surface area contributed by atoms with Crippen molar-refractivity contribution in [2.75, 3.05) is 5.75 Å². The number of amides is 1. The molecule has 1 aromatic carbocycles. The first-order chi connectivity index (χ1) is 10.1. The van der Waals surface area contributed by atoms with E-state index in [0.717, 1.165) is 17.1 Å². The molecule has 0 saturated carbocycles. The summed E-state index contributed by atoms with van der Waals surface area (Å²) in [5.41, 5.74) is 0. The lowest BCUT2D eigenvalue weighted by molar-refractivity contribution is -0.119. The van der Waals surface area contributed by atoms with Crippen molar-refractivity contribution < 1.29 is 4.79 Å². The smallest absolute Gasteiger partial charge is 0.230 e. The van der Waals surface area contributed by atoms with Gasteiger partial charge in [-0.15, -0.1) is 11.8 Å². The fraction of sp³-hybridized carbons (Fsp3) is 0.286. The largest absolute Gasteiger partial charge is 0.347 e. The maximum Gasteiger partial charge on any atom is 0.230 e. The van der Waals surface area contributed by atoms with Gasteiger partial charge >= 0.3 is 0 Å². The Morgan fingerprint density at radius 1 is 1.48 bits per heavy atom. The summed E-state index contributed by atoms with van der Waals surface area (Å²) in [5, 5.41) is 4.14. The molecule has 0 aliphatic rings. The van der Waals surface area contributed by atoms with Gasteiger partial charge in [-0.3, -0.25) is 4.79 Å². The monoisotopic (exact) mass is 343 g/mol. The number of imidazole rings is 1. The number of H-pyrrole nitrogens is 1. The Bertz CT molecular complexity index is 604. The number of hydrogen-bond donors (Lipinski definition) is 2. The van der Waals surface area contributed by atoms with Crippen LogP contribution in [0.2, 0.25) is 10.0 Å². The number of carbonyl (C=O) groups excluding carboxylic acids is 1. The molecule has 2 rings (SSSR count). The highest BCUT2D eigenvalue weighted by Gasteiger charge is 2.15. The Kier molecular flexibility index (Phi) is 5.96. The summed E-state index contributed by atoms with van der Waals surface area (Å²) in [6.45, 7) is 1.99. The van der Waals surface area contributed by atoms with Crippen molar-refractivity contribution in [1.29, 1.82) is 0 Å². The number of carbonyl (C=O) groups is 1. The summed E-state index contributed by atoms with van der Waals surface area (Å²) < 4.78 is 0. The Labute approximate surface area is 137 Å². The molecule has 4 nitrogen and oxygen atoms in total. The highest BCUT2D eigenvalue weighted by Crippen LogP contribution is 2.29. The van der Waals surface area contributed by atoms with Gasteiger partial charge < -0.3 is 10.3 Å². The molecule has 2 N–H and O–H groups in total. The third-order valence-corrected chi connectivity index (χ3v) is 4.58. The van der Waals surface area contributed by atoms with Crippen molar-refractivity contribution >= 4 is 40.9 Å². The minimum atomic E-state index is -0.108. The Hall–Kier alpha value is -1.17. The number of rotatable bonds is 6. The number of nitrogens with zero attached hydrogens (tertiary/aromatic N) is 1. The Balaban J connectivity index is 1.91. The molecule has 0 fully saturated rings. The standard InChI is InChI=1S/C14H15Cl2N3OS/c1-2-11(14-17-5-6-18-14)19-13(20)8-21-12-7-9(15)3-4-10(12)16/h3-7,11H,2,8H2,1H3,(H,17,18)(H,19,20). The van der Waals surface area contributed by atoms with E-state index in [4.69, 9.17) is 23.2 Å². The molecular formula is C14H15Cl2N3OS. The van der Waals surface area contributed by atoms with E-state index in [2.05, 4.69) is 15.3 Å². The quantitative estimate of drug-likeness (QED) is 0.777. The molecule has 2 aromatic rings. The maximum atomic E-state index is 12.0. The number of nitrogens with one attached hydrogen (secondary N) is 2. The lowest BCUT2D eigenvalue weighted by Crippen LogP contribution is -2.30. The number of halogens is 2. The minimum Gasteiger partial charge on any atom is -0.347 e. The van der Waals surface area contributed by atoms with Gasteiger partial charge in [0.25, 0.3) is 0 Å². The molecule has 1 aromatic heterocycles. The molecule has 1 unspecified atom stereocenters. The van der Waals surface area contributed by atoms with Crippen LogP contribution in [0.5, 0.6) is 0 Å². The number of aromatic amines is 1. The second-order valence-corrected chi connectivity index (χ2v) is 6.23. The second kappa shape index (κ2) is 7.73. The number of hydrogen-bond acceptors (Lipinski definition) is 3. The zero-order valence-corrected chi connectivity index (χ0v) is 13.7. The van der Waals surface area contributed by atoms with E-state index in [1.807, 2.05) is 6.92 Å². The van der Waals surface area contributed by atoms with Gasteiger partial charge in [0.05, 0.1) is 16.8 Å². The van der Waals surface area contributed by atoms with Gasteiger partial charge in [-0.2, -0.15) is 0 Å². The van der Waals surface area contributed by atoms with Crippen LogP contribution in [0.4, 0.5) is 0 Å². The van der Waals surface area contributed by atoms with E-state index in [0.29, 0.717) is 10.0 Å². The van der Waals surface area contributed by atoms with E-state index in [9.17, 15) is 4.79 Å². The summed E-state index contributed by atoms with van der Waals surface area (Å²) in [4.78, 5) is 20.0. The summed E-state index contributed by atoms with van der Waals surface area (Å²) >= 11 is 13.3. The predicted octanol–water partition coefficient (Wildman–Crippen LogP) is 4.08. The highest BCUT2D eigenvalue weighted by molar-refractivity contribution is 8.00. The van der Waals surface area contributed by atoms with E-state index in [1.165, 1.54) is 11.8 Å². The molecule has 1 heterocycles. The molecule has 0 saturated heterocycles. The van der Waals surface area contributed by atoms with Crippen molar-refractivity contribution in [3.63, 3.8) is 0 Å². The fourth-order valence-corrected chi connectivity index (χ4v) is 3.10. The summed E-state index contributed by atoms with van der Waals surface area (Å²) in [7, 11) is 0. The molecule has 0 spiro atoms. The molecular weight excluding hydrogens is 329 g/mol. The Morgan fingerprint density at radius 2 is 2.29 bits per heavy atom. The molecule has 0 aliphatic carbocycles. The molecule has 0 bridgehead atoms. The Morgan fingerprint density at radius 3 is 2.95 bits per heavy atom. The number of aromatic nitrogens is 2. The van der Waals surface area contributed by atoms with Crippen LogP contribution in [0.1, 0.15) is 25.2 Å². The van der Waals surface area contributed by atoms with Crippen LogP contribution < -0.4 is 5.32 Å². The van der Waals surface area contributed by atoms with Gasteiger partial charge in [-0.1, -0.05) is 30.1 Å². The first-order valence-corrected chi connectivity index (χ1v) is 8.20. The predicted molar refractivity (Wildman–Crippen MR) is 86.9 cm³/mol. The zero-order chi connectivity index (χ0) is 15.2. The van der Waals surface area contributed by atoms with Gasteiger partial charge in [0.2, 0.25) is 5.91 Å². The van der Waals surface area contributed by atoms with Crippen LogP contribution in [-0.4, -0.2) is 21.6 Å². The molecule has 1 atom stereocenters. The lowest BCUT2D eigenvalue weighted by Gasteiger charge is -2.14. The molecule has 21 heavy (non-hydrogen) atoms. The van der Waals surface area contributed by atoms with E-state index in [1.54, 1.807) is 30.6 Å². The minimum absolute atomic E-state index is 0.0701. The van der Waals surface area contributed by atoms with E-state index < -0.39 is 0 Å². The summed E-state index contributed by atoms with van der Waals surface area (Å²) in [5.74, 6) is 0.966. The third-order valence-electron chi connectivity index (χ3n) is 2.84. The van der Waals surface area contributed by atoms with Gasteiger partial charge in [-0.25, -0.2) is 4.98 Å². The van der Waals surface area contributed by atoms with Crippen LogP contribution in [0.25, 0.3) is 0 Å². The average molecular weight is 344 g/mol. The molecule has 0 radical (unpaired) electrons. The van der Waals surface area contributed by atoms with Crippen molar-refractivity contribution in [1.82, 2.24) is 15.3 Å². The average Bonchev–Trinajstić information content (AvgIpc) is 2.99. The molecule has 7 heteroatoms. The van der Waals surface area contributed by atoms with Gasteiger partial charge in [-0.05, 0) is 24.6 Å². The van der Waals surface area contributed by atoms with Crippen LogP contribution in [0, 0.1) is 0 Å². The molecule has 1 amide bonds. The SMILES string of the molecule is CCC(NC(=O)CSc1cc(Cl)ccc1Cl)c1ncc[nH]1. The summed E-state index contributed by atoms with van der Waals surface area (Å²) in [6.07, 6.45) is 4.18. The van der Waals surface area contributed by atoms with Crippen molar-refractivity contribution in [2.24, 2.45) is 0 Å². The second-order valence-electron chi connectivity index (χ2n) is 4.37. The van der Waals surface area contributed by atoms with Crippen LogP contribution in [-0.2, 0) is 4.79 Å². The third kappa shape index (κ3) is 4.66.